The van der Waals surface area contributed by atoms with Crippen molar-refractivity contribution < 1.29 is 4.79 Å². The highest BCUT2D eigenvalue weighted by atomic mass is 79.9. The number of carbonyl (C=O) groups excluding carboxylic acids is 1. The van der Waals surface area contributed by atoms with E-state index >= 15 is 0 Å². The summed E-state index contributed by atoms with van der Waals surface area (Å²) in [6.45, 7) is 0. The molecule has 0 spiro atoms. The Morgan fingerprint density at radius 3 is 2.33 bits per heavy atom. The molecule has 0 unspecified atom stereocenters. The lowest BCUT2D eigenvalue weighted by molar-refractivity contribution is 0.102. The Hall–Kier alpha value is -2.18. The lowest BCUT2D eigenvalue weighted by atomic mass is 10.0. The quantitative estimate of drug-likeness (QED) is 0.300. The van der Waals surface area contributed by atoms with Crippen molar-refractivity contribution in [1.82, 2.24) is 9.13 Å². The van der Waals surface area contributed by atoms with Gasteiger partial charge in [-0.1, -0.05) is 44.0 Å². The van der Waals surface area contributed by atoms with Crippen LogP contribution in [0.25, 0.3) is 33.1 Å². The average molecular weight is 488 g/mol. The van der Waals surface area contributed by atoms with Gasteiger partial charge in [-0.2, -0.15) is 0 Å². The van der Waals surface area contributed by atoms with Crippen LogP contribution in [0.5, 0.6) is 0 Å². The van der Waals surface area contributed by atoms with E-state index in [2.05, 4.69) is 31.9 Å². The molecule has 2 heterocycles. The minimum atomic E-state index is -0.0486. The molecule has 0 fully saturated rings. The number of rotatable bonds is 3. The monoisotopic (exact) mass is 486 g/mol. The fraction of sp³-hybridized carbons (Fsp3) is 0.143. The predicted molar refractivity (Wildman–Crippen MR) is 117 cm³/mol. The Kier molecular flexibility index (Phi) is 4.56. The van der Waals surface area contributed by atoms with Crippen molar-refractivity contribution >= 4 is 59.6 Å². The number of benzene rings is 2. The third-order valence-electron chi connectivity index (χ3n) is 4.95. The molecule has 0 aliphatic heterocycles. The van der Waals surface area contributed by atoms with Crippen molar-refractivity contribution in [3.8, 4) is 11.1 Å². The second-order valence-electron chi connectivity index (χ2n) is 6.51. The number of alkyl halides is 1. The van der Waals surface area contributed by atoms with Gasteiger partial charge >= 0.3 is 0 Å². The van der Waals surface area contributed by atoms with E-state index < -0.39 is 0 Å². The van der Waals surface area contributed by atoms with Crippen LogP contribution in [0, 0.1) is 0 Å². The van der Waals surface area contributed by atoms with Gasteiger partial charge in [0.1, 0.15) is 5.65 Å². The van der Waals surface area contributed by atoms with Crippen molar-refractivity contribution in [2.75, 3.05) is 5.33 Å². The van der Waals surface area contributed by atoms with Crippen LogP contribution < -0.4 is 5.56 Å². The molecule has 136 valence electrons. The number of hydrogen-bond donors (Lipinski definition) is 0. The zero-order valence-corrected chi connectivity index (χ0v) is 18.0. The zero-order valence-electron chi connectivity index (χ0n) is 14.8. The largest absolute Gasteiger partial charge is 0.330 e. The summed E-state index contributed by atoms with van der Waals surface area (Å²) in [6.07, 6.45) is 0. The van der Waals surface area contributed by atoms with E-state index in [-0.39, 0.29) is 16.7 Å². The first-order valence-corrected chi connectivity index (χ1v) is 10.3. The average Bonchev–Trinajstić information content (AvgIpc) is 2.96. The summed E-state index contributed by atoms with van der Waals surface area (Å²) >= 11 is 6.67. The fourth-order valence-electron chi connectivity index (χ4n) is 3.58. The van der Waals surface area contributed by atoms with Crippen LogP contribution in [0.15, 0.2) is 57.8 Å². The van der Waals surface area contributed by atoms with Crippen LogP contribution >= 0.6 is 31.9 Å². The van der Waals surface area contributed by atoms with E-state index in [0.717, 1.165) is 32.0 Å². The number of pyridine rings is 1. The maximum atomic E-state index is 13.0. The first kappa shape index (κ1) is 18.2. The highest BCUT2D eigenvalue weighted by Crippen LogP contribution is 2.31. The summed E-state index contributed by atoms with van der Waals surface area (Å²) in [4.78, 5) is 25.1. The van der Waals surface area contributed by atoms with Gasteiger partial charge in [-0.3, -0.25) is 14.2 Å². The van der Waals surface area contributed by atoms with Gasteiger partial charge in [-0.15, -0.1) is 0 Å². The lowest BCUT2D eigenvalue weighted by Crippen LogP contribution is -2.20. The summed E-state index contributed by atoms with van der Waals surface area (Å²) < 4.78 is 4.64. The second-order valence-corrected chi connectivity index (χ2v) is 7.99. The van der Waals surface area contributed by atoms with E-state index in [1.807, 2.05) is 60.1 Å². The van der Waals surface area contributed by atoms with Crippen molar-refractivity contribution in [3.05, 3.63) is 68.9 Å². The van der Waals surface area contributed by atoms with Crippen molar-refractivity contribution in [2.24, 2.45) is 14.1 Å². The molecule has 0 aliphatic rings. The lowest BCUT2D eigenvalue weighted by Gasteiger charge is -2.08. The minimum Gasteiger partial charge on any atom is -0.330 e. The normalized spacial score (nSPS) is 11.4. The van der Waals surface area contributed by atoms with Gasteiger partial charge < -0.3 is 4.57 Å². The summed E-state index contributed by atoms with van der Waals surface area (Å²) in [5, 5.41) is 2.20. The molecule has 4 nitrogen and oxygen atoms in total. The van der Waals surface area contributed by atoms with Crippen LogP contribution in [-0.4, -0.2) is 20.2 Å². The first-order valence-electron chi connectivity index (χ1n) is 8.39. The number of Topliss-reactive ketones (excluding diaryl/α,β-unsaturated/α-hetero) is 1. The SMILES string of the molecule is Cn1c(=O)c(-c2ccc(Br)cc2)cc2c3cc(C(=O)CBr)ccc3n(C)c21. The smallest absolute Gasteiger partial charge is 0.259 e. The molecule has 2 aromatic carbocycles. The van der Waals surface area contributed by atoms with E-state index in [1.54, 1.807) is 11.6 Å². The van der Waals surface area contributed by atoms with Gasteiger partial charge in [0, 0.05) is 40.5 Å². The highest BCUT2D eigenvalue weighted by molar-refractivity contribution is 9.10. The molecule has 2 aromatic heterocycles. The van der Waals surface area contributed by atoms with Gasteiger partial charge in [0.05, 0.1) is 10.8 Å². The molecule has 0 aliphatic carbocycles. The standard InChI is InChI=1S/C21H16Br2N2O2/c1-24-18-8-5-13(19(26)11-22)9-16(18)17-10-15(21(27)25(2)20(17)24)12-3-6-14(23)7-4-12/h3-10H,11H2,1-2H3. The Morgan fingerprint density at radius 1 is 0.963 bits per heavy atom. The van der Waals surface area contributed by atoms with Gasteiger partial charge in [0.25, 0.3) is 5.56 Å². The maximum absolute atomic E-state index is 13.0. The van der Waals surface area contributed by atoms with Crippen molar-refractivity contribution in [3.63, 3.8) is 0 Å². The zero-order chi connectivity index (χ0) is 19.3. The van der Waals surface area contributed by atoms with Gasteiger partial charge in [-0.25, -0.2) is 0 Å². The molecule has 27 heavy (non-hydrogen) atoms. The minimum absolute atomic E-state index is 0.0341. The fourth-order valence-corrected chi connectivity index (χ4v) is 4.17. The van der Waals surface area contributed by atoms with Crippen molar-refractivity contribution in [2.45, 2.75) is 0 Å². The Bertz CT molecular complexity index is 1270. The molecule has 0 bridgehead atoms. The molecule has 0 amide bonds. The van der Waals surface area contributed by atoms with Crippen LogP contribution in [0.2, 0.25) is 0 Å². The van der Waals surface area contributed by atoms with Crippen LogP contribution in [0.4, 0.5) is 0 Å². The molecule has 0 N–H and O–H groups in total. The van der Waals surface area contributed by atoms with E-state index in [4.69, 9.17) is 0 Å². The number of nitrogens with zero attached hydrogens (tertiary/aromatic N) is 2. The second kappa shape index (κ2) is 6.77. The number of halogens is 2. The number of aryl methyl sites for hydroxylation is 2. The molecular formula is C21H16Br2N2O2. The molecule has 4 rings (SSSR count). The molecule has 0 saturated carbocycles. The van der Waals surface area contributed by atoms with E-state index in [1.165, 1.54) is 0 Å². The topological polar surface area (TPSA) is 44.0 Å². The molecule has 0 radical (unpaired) electrons. The molecule has 0 atom stereocenters. The summed E-state index contributed by atoms with van der Waals surface area (Å²) in [5.41, 5.74) is 3.93. The number of fused-ring (bicyclic) bond motifs is 3. The number of ketones is 1. The third kappa shape index (κ3) is 2.87. The van der Waals surface area contributed by atoms with Crippen molar-refractivity contribution in [1.29, 1.82) is 0 Å². The molecule has 4 aromatic rings. The Labute approximate surface area is 172 Å². The summed E-state index contributed by atoms with van der Waals surface area (Å²) in [6, 6.07) is 15.3. The Morgan fingerprint density at radius 2 is 1.67 bits per heavy atom. The third-order valence-corrected chi connectivity index (χ3v) is 5.98. The summed E-state index contributed by atoms with van der Waals surface area (Å²) in [7, 11) is 3.73. The molecular weight excluding hydrogens is 472 g/mol. The Balaban J connectivity index is 2.10. The summed E-state index contributed by atoms with van der Waals surface area (Å²) in [5.74, 6) is 0.0341. The van der Waals surface area contributed by atoms with Crippen LogP contribution in [0.3, 0.4) is 0 Å². The van der Waals surface area contributed by atoms with Gasteiger partial charge in [0.2, 0.25) is 0 Å². The van der Waals surface area contributed by atoms with E-state index in [9.17, 15) is 9.59 Å². The molecule has 0 saturated heterocycles. The van der Waals surface area contributed by atoms with E-state index in [0.29, 0.717) is 11.1 Å². The van der Waals surface area contributed by atoms with Gasteiger partial charge in [-0.05, 0) is 42.0 Å². The predicted octanol–water partition coefficient (Wildman–Crippen LogP) is 5.04. The first-order chi connectivity index (χ1) is 12.9. The van der Waals surface area contributed by atoms with Crippen LogP contribution in [0.1, 0.15) is 10.4 Å². The van der Waals surface area contributed by atoms with Crippen LogP contribution in [-0.2, 0) is 14.1 Å². The number of hydrogen-bond acceptors (Lipinski definition) is 2. The number of aromatic nitrogens is 2. The number of carbonyl (C=O) groups is 1. The van der Waals surface area contributed by atoms with Gasteiger partial charge in [0.15, 0.2) is 5.78 Å². The molecule has 6 heteroatoms. The maximum Gasteiger partial charge on any atom is 0.259 e. The highest BCUT2D eigenvalue weighted by Gasteiger charge is 2.17.